The van der Waals surface area contributed by atoms with E-state index in [9.17, 15) is 4.79 Å². The minimum Gasteiger partial charge on any atom is -0.362 e. The van der Waals surface area contributed by atoms with Crippen LogP contribution in [0.3, 0.4) is 0 Å². The van der Waals surface area contributed by atoms with Gasteiger partial charge in [-0.15, -0.1) is 0 Å². The zero-order valence-corrected chi connectivity index (χ0v) is 11.4. The number of hydrogen-bond donors (Lipinski definition) is 2. The Hall–Kier alpha value is -1.55. The molecule has 1 amide bonds. The van der Waals surface area contributed by atoms with Crippen molar-refractivity contribution in [2.24, 2.45) is 17.8 Å². The normalized spacial score (nSPS) is 44.1. The van der Waals surface area contributed by atoms with Crippen molar-refractivity contribution in [3.8, 4) is 0 Å². The van der Waals surface area contributed by atoms with Gasteiger partial charge in [0.15, 0.2) is 0 Å². The Morgan fingerprint density at radius 1 is 1.05 bits per heavy atom. The highest BCUT2D eigenvalue weighted by atomic mass is 16.2. The number of carbonyl (C=O) groups excluding carboxylic acids is 1. The first-order valence-electron chi connectivity index (χ1n) is 7.67. The minimum absolute atomic E-state index is 0.0989. The van der Waals surface area contributed by atoms with Crippen molar-refractivity contribution in [1.82, 2.24) is 10.2 Å². The largest absolute Gasteiger partial charge is 0.362 e. The van der Waals surface area contributed by atoms with Crippen molar-refractivity contribution in [3.63, 3.8) is 0 Å². The maximum atomic E-state index is 12.5. The lowest BCUT2D eigenvalue weighted by molar-refractivity contribution is -0.0807. The number of benzene rings is 1. The molecule has 104 valence electrons. The first-order chi connectivity index (χ1) is 9.74. The van der Waals surface area contributed by atoms with Crippen LogP contribution in [0.1, 0.15) is 23.2 Å². The van der Waals surface area contributed by atoms with E-state index in [0.29, 0.717) is 11.8 Å². The molecular weight excluding hydrogens is 250 g/mol. The molecule has 4 fully saturated rings. The second-order valence-electron chi connectivity index (χ2n) is 6.94. The number of amides is 1. The van der Waals surface area contributed by atoms with Crippen LogP contribution in [0.5, 0.6) is 0 Å². The Morgan fingerprint density at radius 3 is 2.55 bits per heavy atom. The summed E-state index contributed by atoms with van der Waals surface area (Å²) in [7, 11) is 0. The Morgan fingerprint density at radius 2 is 1.80 bits per heavy atom. The molecule has 3 saturated heterocycles. The highest BCUT2D eigenvalue weighted by Gasteiger charge is 2.59. The van der Waals surface area contributed by atoms with E-state index < -0.39 is 0 Å². The fraction of sp³-hybridized carbons (Fsp3) is 0.562. The van der Waals surface area contributed by atoms with E-state index in [0.717, 1.165) is 30.3 Å². The van der Waals surface area contributed by atoms with E-state index in [1.807, 2.05) is 24.3 Å². The van der Waals surface area contributed by atoms with Gasteiger partial charge in [0.25, 0.3) is 5.91 Å². The Balaban J connectivity index is 1.60. The lowest BCUT2D eigenvalue weighted by Gasteiger charge is -2.63. The van der Waals surface area contributed by atoms with Crippen LogP contribution in [0.4, 0.5) is 5.69 Å². The van der Waals surface area contributed by atoms with Crippen LogP contribution < -0.4 is 10.6 Å². The first kappa shape index (κ1) is 11.1. The third-order valence-corrected chi connectivity index (χ3v) is 5.83. The van der Waals surface area contributed by atoms with Gasteiger partial charge in [-0.25, -0.2) is 0 Å². The molecule has 1 aromatic carbocycles. The average molecular weight is 269 g/mol. The molecule has 1 spiro atoms. The van der Waals surface area contributed by atoms with Gasteiger partial charge in [-0.1, -0.05) is 12.1 Å². The number of piperidine rings is 3. The molecule has 1 aliphatic carbocycles. The van der Waals surface area contributed by atoms with Crippen LogP contribution in [0.2, 0.25) is 0 Å². The van der Waals surface area contributed by atoms with E-state index in [-0.39, 0.29) is 11.6 Å². The molecule has 4 heteroatoms. The maximum absolute atomic E-state index is 12.5. The zero-order chi connectivity index (χ0) is 13.3. The Labute approximate surface area is 118 Å². The van der Waals surface area contributed by atoms with E-state index >= 15 is 0 Å². The first-order valence-corrected chi connectivity index (χ1v) is 7.67. The monoisotopic (exact) mass is 269 g/mol. The number of para-hydroxylation sites is 1. The molecule has 0 aromatic heterocycles. The summed E-state index contributed by atoms with van der Waals surface area (Å²) < 4.78 is 0. The van der Waals surface area contributed by atoms with Gasteiger partial charge in [0, 0.05) is 37.2 Å². The molecule has 2 N–H and O–H groups in total. The van der Waals surface area contributed by atoms with E-state index in [2.05, 4.69) is 15.5 Å². The summed E-state index contributed by atoms with van der Waals surface area (Å²) in [4.78, 5) is 15.1. The molecule has 4 nitrogen and oxygen atoms in total. The Bertz CT molecular complexity index is 569. The molecule has 4 bridgehead atoms. The standard InChI is InChI=1S/C16H19N3O/c20-15-13-3-1-2-4-14(13)17-16(18-15)11-5-10-6-12(16)9-19(7-10)8-11/h1-4,10-12,17H,5-9H2,(H,18,20). The van der Waals surface area contributed by atoms with E-state index in [1.54, 1.807) is 0 Å². The fourth-order valence-electron chi connectivity index (χ4n) is 5.11. The summed E-state index contributed by atoms with van der Waals surface area (Å²) in [6.07, 6.45) is 2.50. The Kier molecular flexibility index (Phi) is 1.98. The number of nitrogens with one attached hydrogen (secondary N) is 2. The topological polar surface area (TPSA) is 44.4 Å². The predicted octanol–water partition coefficient (Wildman–Crippen LogP) is 1.51. The summed E-state index contributed by atoms with van der Waals surface area (Å²) in [5.41, 5.74) is 1.60. The van der Waals surface area contributed by atoms with Crippen molar-refractivity contribution in [1.29, 1.82) is 0 Å². The number of hydrogen-bond acceptors (Lipinski definition) is 3. The summed E-state index contributed by atoms with van der Waals surface area (Å²) >= 11 is 0. The molecule has 1 aromatic rings. The van der Waals surface area contributed by atoms with E-state index in [4.69, 9.17) is 0 Å². The van der Waals surface area contributed by atoms with Gasteiger partial charge in [0.1, 0.15) is 5.66 Å². The van der Waals surface area contributed by atoms with Gasteiger partial charge in [0.2, 0.25) is 0 Å². The predicted molar refractivity (Wildman–Crippen MR) is 76.4 cm³/mol. The average Bonchev–Trinajstić information content (AvgIpc) is 2.44. The summed E-state index contributed by atoms with van der Waals surface area (Å²) in [6.45, 7) is 3.53. The van der Waals surface area contributed by atoms with Gasteiger partial charge < -0.3 is 15.5 Å². The van der Waals surface area contributed by atoms with Crippen molar-refractivity contribution >= 4 is 11.6 Å². The van der Waals surface area contributed by atoms with Gasteiger partial charge >= 0.3 is 0 Å². The number of carbonyl (C=O) groups is 1. The third kappa shape index (κ3) is 1.28. The van der Waals surface area contributed by atoms with Crippen LogP contribution >= 0.6 is 0 Å². The summed E-state index contributed by atoms with van der Waals surface area (Å²) in [6, 6.07) is 7.89. The van der Waals surface area contributed by atoms with Crippen molar-refractivity contribution in [2.75, 3.05) is 25.0 Å². The molecule has 0 radical (unpaired) electrons. The quantitative estimate of drug-likeness (QED) is 0.750. The van der Waals surface area contributed by atoms with Crippen LogP contribution in [-0.2, 0) is 0 Å². The second kappa shape index (κ2) is 3.55. The van der Waals surface area contributed by atoms with Gasteiger partial charge in [-0.05, 0) is 30.9 Å². The van der Waals surface area contributed by atoms with E-state index in [1.165, 1.54) is 19.4 Å². The molecule has 2 atom stereocenters. The van der Waals surface area contributed by atoms with Gasteiger partial charge in [-0.2, -0.15) is 0 Å². The third-order valence-electron chi connectivity index (χ3n) is 5.83. The van der Waals surface area contributed by atoms with Crippen molar-refractivity contribution in [2.45, 2.75) is 18.5 Å². The molecule has 4 aliphatic heterocycles. The highest BCUT2D eigenvalue weighted by molar-refractivity contribution is 6.02. The SMILES string of the molecule is O=C1NC2(Nc3ccccc31)C1CC3CC2CN(C3)C1. The number of anilines is 1. The second-order valence-corrected chi connectivity index (χ2v) is 6.94. The number of fused-ring (bicyclic) bond motifs is 1. The van der Waals surface area contributed by atoms with Crippen LogP contribution in [0.25, 0.3) is 0 Å². The molecule has 20 heavy (non-hydrogen) atoms. The van der Waals surface area contributed by atoms with Crippen molar-refractivity contribution in [3.05, 3.63) is 29.8 Å². The maximum Gasteiger partial charge on any atom is 0.255 e. The molecule has 5 aliphatic rings. The minimum atomic E-state index is -0.196. The van der Waals surface area contributed by atoms with Crippen LogP contribution in [0.15, 0.2) is 24.3 Å². The summed E-state index contributed by atoms with van der Waals surface area (Å²) in [5.74, 6) is 2.04. The molecular formula is C16H19N3O. The zero-order valence-electron chi connectivity index (χ0n) is 11.4. The number of nitrogens with zero attached hydrogens (tertiary/aromatic N) is 1. The molecule has 4 heterocycles. The smallest absolute Gasteiger partial charge is 0.255 e. The van der Waals surface area contributed by atoms with Crippen LogP contribution in [-0.4, -0.2) is 36.1 Å². The van der Waals surface area contributed by atoms with Crippen LogP contribution in [0, 0.1) is 17.8 Å². The lowest BCUT2D eigenvalue weighted by Crippen LogP contribution is -2.76. The molecule has 1 saturated carbocycles. The van der Waals surface area contributed by atoms with Crippen molar-refractivity contribution < 1.29 is 4.79 Å². The molecule has 6 rings (SSSR count). The van der Waals surface area contributed by atoms with Gasteiger partial charge in [-0.3, -0.25) is 4.79 Å². The van der Waals surface area contributed by atoms with Gasteiger partial charge in [0.05, 0.1) is 5.56 Å². The highest BCUT2D eigenvalue weighted by Crippen LogP contribution is 2.50. The number of rotatable bonds is 0. The fourth-order valence-corrected chi connectivity index (χ4v) is 5.11. The summed E-state index contributed by atoms with van der Waals surface area (Å²) in [5, 5.41) is 7.08. The molecule has 2 unspecified atom stereocenters. The lowest BCUT2D eigenvalue weighted by atomic mass is 9.60.